The van der Waals surface area contributed by atoms with E-state index in [4.69, 9.17) is 14.2 Å². The van der Waals surface area contributed by atoms with Crippen molar-refractivity contribution in [2.45, 2.75) is 174 Å². The Morgan fingerprint density at radius 1 is 0.684 bits per heavy atom. The van der Waals surface area contributed by atoms with Gasteiger partial charge in [-0.1, -0.05) is 72.1 Å². The second-order valence-electron chi connectivity index (χ2n) is 13.1. The number of nitriles is 1. The SMILES string of the molecule is CCCCCCCCCCOC1CCC(C2CCC(OC3CCC(OCC(C)CC)C(C#N)C3)CC2)CC1. The number of unbranched alkanes of at least 4 members (excludes halogenated alkanes) is 7. The highest BCUT2D eigenvalue weighted by Crippen LogP contribution is 2.40. The first kappa shape index (κ1) is 31.9. The molecule has 3 saturated carbocycles. The molecule has 4 nitrogen and oxygen atoms in total. The Hall–Kier alpha value is -0.630. The molecule has 0 aliphatic heterocycles. The molecule has 0 aromatic heterocycles. The van der Waals surface area contributed by atoms with Crippen LogP contribution in [0.2, 0.25) is 0 Å². The van der Waals surface area contributed by atoms with E-state index in [1.165, 1.54) is 103 Å². The van der Waals surface area contributed by atoms with Crippen molar-refractivity contribution in [3.05, 3.63) is 0 Å². The summed E-state index contributed by atoms with van der Waals surface area (Å²) in [6.07, 6.45) is 26.6. The Kier molecular flexibility index (Phi) is 15.7. The monoisotopic (exact) mass is 531 g/mol. The standard InChI is InChI=1S/C34H61NO3/c1-4-6-7-8-9-10-11-12-23-36-31-17-13-28(14-18-31)29-15-19-32(20-16-29)38-33-21-22-34(30(24-33)25-35)37-26-27(3)5-2/h27-34H,4-24,26H2,1-3H3. The first-order valence-corrected chi connectivity index (χ1v) is 16.9. The van der Waals surface area contributed by atoms with Crippen LogP contribution in [0.5, 0.6) is 0 Å². The van der Waals surface area contributed by atoms with Crippen LogP contribution in [0.4, 0.5) is 0 Å². The third-order valence-corrected chi connectivity index (χ3v) is 10.0. The predicted molar refractivity (Wildman–Crippen MR) is 157 cm³/mol. The average Bonchev–Trinajstić information content (AvgIpc) is 2.96. The molecule has 0 aromatic carbocycles. The van der Waals surface area contributed by atoms with Gasteiger partial charge in [-0.25, -0.2) is 0 Å². The average molecular weight is 532 g/mol. The van der Waals surface area contributed by atoms with Crippen molar-refractivity contribution in [3.63, 3.8) is 0 Å². The van der Waals surface area contributed by atoms with Gasteiger partial charge in [-0.15, -0.1) is 0 Å². The quantitative estimate of drug-likeness (QED) is 0.175. The van der Waals surface area contributed by atoms with Crippen molar-refractivity contribution in [1.82, 2.24) is 0 Å². The van der Waals surface area contributed by atoms with Gasteiger partial charge < -0.3 is 14.2 Å². The number of nitrogens with zero attached hydrogens (tertiary/aromatic N) is 1. The molecule has 4 unspecified atom stereocenters. The van der Waals surface area contributed by atoms with Gasteiger partial charge in [-0.2, -0.15) is 5.26 Å². The van der Waals surface area contributed by atoms with E-state index in [1.54, 1.807) is 0 Å². The number of hydrogen-bond acceptors (Lipinski definition) is 4. The van der Waals surface area contributed by atoms with E-state index < -0.39 is 0 Å². The molecule has 0 N–H and O–H groups in total. The van der Waals surface area contributed by atoms with E-state index in [2.05, 4.69) is 26.8 Å². The van der Waals surface area contributed by atoms with Crippen LogP contribution in [0.3, 0.4) is 0 Å². The van der Waals surface area contributed by atoms with Crippen LogP contribution in [0.15, 0.2) is 0 Å². The summed E-state index contributed by atoms with van der Waals surface area (Å²) in [4.78, 5) is 0. The minimum atomic E-state index is -0.0119. The Balaban J connectivity index is 1.23. The van der Waals surface area contributed by atoms with Crippen molar-refractivity contribution in [3.8, 4) is 6.07 Å². The summed E-state index contributed by atoms with van der Waals surface area (Å²) in [5.74, 6) is 2.35. The Bertz CT molecular complexity index is 632. The van der Waals surface area contributed by atoms with Gasteiger partial charge in [0.1, 0.15) is 0 Å². The lowest BCUT2D eigenvalue weighted by Crippen LogP contribution is -2.38. The summed E-state index contributed by atoms with van der Waals surface area (Å²) in [5.41, 5.74) is 0. The Labute approximate surface area is 235 Å². The van der Waals surface area contributed by atoms with E-state index in [-0.39, 0.29) is 18.1 Å². The molecule has 0 bridgehead atoms. The molecule has 220 valence electrons. The van der Waals surface area contributed by atoms with Gasteiger partial charge in [0, 0.05) is 13.2 Å². The maximum absolute atomic E-state index is 9.73. The summed E-state index contributed by atoms with van der Waals surface area (Å²) < 4.78 is 19.0. The molecule has 3 aliphatic carbocycles. The van der Waals surface area contributed by atoms with Gasteiger partial charge in [-0.3, -0.25) is 0 Å². The molecule has 3 rings (SSSR count). The Morgan fingerprint density at radius 3 is 1.87 bits per heavy atom. The van der Waals surface area contributed by atoms with Crippen LogP contribution < -0.4 is 0 Å². The molecule has 0 spiro atoms. The van der Waals surface area contributed by atoms with Crippen LogP contribution in [0.25, 0.3) is 0 Å². The first-order valence-electron chi connectivity index (χ1n) is 16.9. The summed E-state index contributed by atoms with van der Waals surface area (Å²) in [7, 11) is 0. The zero-order valence-corrected chi connectivity index (χ0v) is 25.3. The molecule has 4 atom stereocenters. The fraction of sp³-hybridized carbons (Fsp3) is 0.971. The van der Waals surface area contributed by atoms with Gasteiger partial charge in [0.05, 0.1) is 36.4 Å². The first-order chi connectivity index (χ1) is 18.6. The molecule has 3 fully saturated rings. The summed E-state index contributed by atoms with van der Waals surface area (Å²) in [6, 6.07) is 2.53. The smallest absolute Gasteiger partial charge is 0.0750 e. The molecule has 4 heteroatoms. The number of ether oxygens (including phenoxy) is 3. The third-order valence-electron chi connectivity index (χ3n) is 10.0. The normalized spacial score (nSPS) is 33.1. The highest BCUT2D eigenvalue weighted by molar-refractivity contribution is 4.95. The van der Waals surface area contributed by atoms with Crippen LogP contribution in [-0.2, 0) is 14.2 Å². The fourth-order valence-electron chi connectivity index (χ4n) is 7.15. The second-order valence-corrected chi connectivity index (χ2v) is 13.1. The van der Waals surface area contributed by atoms with Crippen LogP contribution >= 0.6 is 0 Å². The maximum atomic E-state index is 9.73. The maximum Gasteiger partial charge on any atom is 0.0750 e. The molecule has 0 radical (unpaired) electrons. The minimum Gasteiger partial charge on any atom is -0.378 e. The van der Waals surface area contributed by atoms with Crippen molar-refractivity contribution >= 4 is 0 Å². The summed E-state index contributed by atoms with van der Waals surface area (Å²) >= 11 is 0. The molecule has 0 amide bonds. The molecule has 3 aliphatic rings. The molecular weight excluding hydrogens is 470 g/mol. The van der Waals surface area contributed by atoms with E-state index in [9.17, 15) is 5.26 Å². The lowest BCUT2D eigenvalue weighted by molar-refractivity contribution is -0.0932. The zero-order valence-electron chi connectivity index (χ0n) is 25.3. The second kappa shape index (κ2) is 18.7. The van der Waals surface area contributed by atoms with Crippen molar-refractivity contribution in [1.29, 1.82) is 5.26 Å². The predicted octanol–water partition coefficient (Wildman–Crippen LogP) is 9.40. The summed E-state index contributed by atoms with van der Waals surface area (Å²) in [6.45, 7) is 8.47. The molecule has 0 saturated heterocycles. The van der Waals surface area contributed by atoms with Gasteiger partial charge >= 0.3 is 0 Å². The highest BCUT2D eigenvalue weighted by atomic mass is 16.5. The molecule has 0 heterocycles. The van der Waals surface area contributed by atoms with E-state index in [1.807, 2.05) is 0 Å². The van der Waals surface area contributed by atoms with Gasteiger partial charge in [-0.05, 0) is 94.8 Å². The van der Waals surface area contributed by atoms with E-state index >= 15 is 0 Å². The van der Waals surface area contributed by atoms with E-state index in [0.29, 0.717) is 18.1 Å². The van der Waals surface area contributed by atoms with Gasteiger partial charge in [0.25, 0.3) is 0 Å². The largest absolute Gasteiger partial charge is 0.378 e. The van der Waals surface area contributed by atoms with Crippen molar-refractivity contribution in [2.24, 2.45) is 23.7 Å². The van der Waals surface area contributed by atoms with Crippen molar-refractivity contribution < 1.29 is 14.2 Å². The number of rotatable bonds is 17. The minimum absolute atomic E-state index is 0.0119. The van der Waals surface area contributed by atoms with Gasteiger partial charge in [0.15, 0.2) is 0 Å². The molecular formula is C34H61NO3. The Morgan fingerprint density at radius 2 is 1.26 bits per heavy atom. The number of hydrogen-bond donors (Lipinski definition) is 0. The van der Waals surface area contributed by atoms with Crippen LogP contribution in [0, 0.1) is 35.0 Å². The lowest BCUT2D eigenvalue weighted by atomic mass is 9.72. The highest BCUT2D eigenvalue weighted by Gasteiger charge is 2.35. The van der Waals surface area contributed by atoms with Gasteiger partial charge in [0.2, 0.25) is 0 Å². The van der Waals surface area contributed by atoms with Crippen molar-refractivity contribution in [2.75, 3.05) is 13.2 Å². The topological polar surface area (TPSA) is 51.5 Å². The third kappa shape index (κ3) is 11.5. The fourth-order valence-corrected chi connectivity index (χ4v) is 7.15. The molecule has 38 heavy (non-hydrogen) atoms. The van der Waals surface area contributed by atoms with E-state index in [0.717, 1.165) is 50.7 Å². The lowest BCUT2D eigenvalue weighted by Gasteiger charge is -2.39. The molecule has 0 aromatic rings. The zero-order chi connectivity index (χ0) is 27.0. The van der Waals surface area contributed by atoms with Crippen LogP contribution in [0.1, 0.15) is 149 Å². The summed E-state index contributed by atoms with van der Waals surface area (Å²) in [5, 5.41) is 9.73. The van der Waals surface area contributed by atoms with Crippen LogP contribution in [-0.4, -0.2) is 37.6 Å².